The Morgan fingerprint density at radius 1 is 1.27 bits per heavy atom. The topological polar surface area (TPSA) is 71.5 Å². The van der Waals surface area contributed by atoms with Gasteiger partial charge in [-0.1, -0.05) is 20.8 Å². The van der Waals surface area contributed by atoms with E-state index < -0.39 is 6.09 Å². The molecular formula is C24H35N3O3. The van der Waals surface area contributed by atoms with Gasteiger partial charge in [0.05, 0.1) is 12.5 Å². The first-order valence-corrected chi connectivity index (χ1v) is 11.4. The van der Waals surface area contributed by atoms with E-state index in [0.29, 0.717) is 24.5 Å². The van der Waals surface area contributed by atoms with Crippen LogP contribution < -0.4 is 5.32 Å². The number of amides is 2. The molecule has 3 heterocycles. The van der Waals surface area contributed by atoms with E-state index in [-0.39, 0.29) is 17.2 Å². The molecule has 4 rings (SSSR count). The molecule has 2 amide bonds. The SMILES string of the molecule is CC(C)(C)c1cc(C2CC3(CCN(C(=O)[C@@H]4CCCOC(=O)NC4)CC3)C2)ccn1. The number of aromatic nitrogens is 1. The molecule has 164 valence electrons. The minimum atomic E-state index is -0.406. The third-order valence-corrected chi connectivity index (χ3v) is 7.29. The molecule has 2 saturated heterocycles. The molecule has 0 bridgehead atoms. The molecule has 0 aromatic carbocycles. The monoisotopic (exact) mass is 413 g/mol. The van der Waals surface area contributed by atoms with E-state index in [1.807, 2.05) is 11.1 Å². The maximum absolute atomic E-state index is 13.0. The lowest BCUT2D eigenvalue weighted by atomic mass is 9.56. The first kappa shape index (κ1) is 21.1. The molecular weight excluding hydrogens is 378 g/mol. The molecule has 30 heavy (non-hydrogen) atoms. The normalized spacial score (nSPS) is 25.0. The van der Waals surface area contributed by atoms with Gasteiger partial charge in [-0.2, -0.15) is 0 Å². The van der Waals surface area contributed by atoms with Crippen molar-refractivity contribution in [2.24, 2.45) is 11.3 Å². The summed E-state index contributed by atoms with van der Waals surface area (Å²) in [5, 5.41) is 2.72. The van der Waals surface area contributed by atoms with Crippen molar-refractivity contribution in [2.75, 3.05) is 26.2 Å². The van der Waals surface area contributed by atoms with Gasteiger partial charge in [0, 0.05) is 36.9 Å². The van der Waals surface area contributed by atoms with E-state index in [9.17, 15) is 9.59 Å². The van der Waals surface area contributed by atoms with Crippen molar-refractivity contribution >= 4 is 12.0 Å². The highest BCUT2D eigenvalue weighted by atomic mass is 16.5. The van der Waals surface area contributed by atoms with Gasteiger partial charge < -0.3 is 15.0 Å². The second kappa shape index (κ2) is 8.20. The molecule has 1 aliphatic carbocycles. The highest BCUT2D eigenvalue weighted by Crippen LogP contribution is 2.56. The lowest BCUT2D eigenvalue weighted by Crippen LogP contribution is -2.51. The summed E-state index contributed by atoms with van der Waals surface area (Å²) in [5.74, 6) is 0.706. The zero-order chi connectivity index (χ0) is 21.4. The Kier molecular flexibility index (Phi) is 5.78. The van der Waals surface area contributed by atoms with Crippen LogP contribution in [-0.2, 0) is 14.9 Å². The number of cyclic esters (lactones) is 1. The summed E-state index contributed by atoms with van der Waals surface area (Å²) in [4.78, 5) is 31.1. The van der Waals surface area contributed by atoms with Crippen molar-refractivity contribution in [3.8, 4) is 0 Å². The van der Waals surface area contributed by atoms with Gasteiger partial charge in [0.2, 0.25) is 5.91 Å². The summed E-state index contributed by atoms with van der Waals surface area (Å²) < 4.78 is 5.00. The molecule has 6 nitrogen and oxygen atoms in total. The number of piperidine rings is 1. The fraction of sp³-hybridized carbons (Fsp3) is 0.708. The Balaban J connectivity index is 1.30. The standard InChI is InChI=1S/C24H35N3O3/c1-23(2,3)20-13-17(6-9-25-20)19-14-24(15-19)7-10-27(11-8-24)21(28)18-5-4-12-30-22(29)26-16-18/h6,9,13,18-19H,4-5,7-8,10-12,14-16H2,1-3H3,(H,26,29)/t18-/m1/s1. The van der Waals surface area contributed by atoms with Gasteiger partial charge in [-0.3, -0.25) is 9.78 Å². The third-order valence-electron chi connectivity index (χ3n) is 7.29. The number of carbonyl (C=O) groups is 2. The predicted molar refractivity (Wildman–Crippen MR) is 115 cm³/mol. The van der Waals surface area contributed by atoms with Gasteiger partial charge in [-0.25, -0.2) is 4.79 Å². The zero-order valence-corrected chi connectivity index (χ0v) is 18.6. The average molecular weight is 414 g/mol. The van der Waals surface area contributed by atoms with Crippen LogP contribution in [0.3, 0.4) is 0 Å². The molecule has 3 aliphatic rings. The van der Waals surface area contributed by atoms with Gasteiger partial charge >= 0.3 is 6.09 Å². The molecule has 1 aromatic heterocycles. The number of rotatable bonds is 2. The van der Waals surface area contributed by atoms with Crippen molar-refractivity contribution in [1.29, 1.82) is 0 Å². The second-order valence-electron chi connectivity index (χ2n) is 10.5. The summed E-state index contributed by atoms with van der Waals surface area (Å²) in [6, 6.07) is 4.47. The van der Waals surface area contributed by atoms with E-state index in [0.717, 1.165) is 44.5 Å². The Bertz CT molecular complexity index is 785. The number of nitrogens with one attached hydrogen (secondary N) is 1. The van der Waals surface area contributed by atoms with Crippen molar-refractivity contribution in [3.05, 3.63) is 29.6 Å². The minimum absolute atomic E-state index is 0.0752. The number of pyridine rings is 1. The van der Waals surface area contributed by atoms with E-state index in [4.69, 9.17) is 4.74 Å². The Labute approximate surface area is 179 Å². The Morgan fingerprint density at radius 3 is 2.70 bits per heavy atom. The number of nitrogens with zero attached hydrogens (tertiary/aromatic N) is 2. The lowest BCUT2D eigenvalue weighted by molar-refractivity contribution is -0.139. The number of hydrogen-bond donors (Lipinski definition) is 1. The molecule has 1 atom stereocenters. The van der Waals surface area contributed by atoms with E-state index >= 15 is 0 Å². The molecule has 0 unspecified atom stereocenters. The number of ether oxygens (including phenoxy) is 1. The van der Waals surface area contributed by atoms with Crippen LogP contribution in [0.1, 0.15) is 76.5 Å². The van der Waals surface area contributed by atoms with E-state index in [1.54, 1.807) is 0 Å². The van der Waals surface area contributed by atoms with Crippen LogP contribution in [-0.4, -0.2) is 48.1 Å². The lowest BCUT2D eigenvalue weighted by Gasteiger charge is -2.53. The van der Waals surface area contributed by atoms with Crippen LogP contribution in [0.2, 0.25) is 0 Å². The van der Waals surface area contributed by atoms with Crippen molar-refractivity contribution in [2.45, 2.75) is 70.6 Å². The summed E-state index contributed by atoms with van der Waals surface area (Å²) in [7, 11) is 0. The fourth-order valence-corrected chi connectivity index (χ4v) is 5.27. The summed E-state index contributed by atoms with van der Waals surface area (Å²) in [6.07, 6.45) is 7.71. The Morgan fingerprint density at radius 2 is 2.00 bits per heavy atom. The molecule has 6 heteroatoms. The number of hydrogen-bond acceptors (Lipinski definition) is 4. The number of alkyl carbamates (subject to hydrolysis) is 1. The molecule has 2 aliphatic heterocycles. The van der Waals surface area contributed by atoms with Crippen molar-refractivity contribution < 1.29 is 14.3 Å². The van der Waals surface area contributed by atoms with Crippen molar-refractivity contribution in [1.82, 2.24) is 15.2 Å². The van der Waals surface area contributed by atoms with Crippen LogP contribution in [0.25, 0.3) is 0 Å². The summed E-state index contributed by atoms with van der Waals surface area (Å²) in [6.45, 7) is 9.10. The van der Waals surface area contributed by atoms with Crippen LogP contribution in [0.5, 0.6) is 0 Å². The minimum Gasteiger partial charge on any atom is -0.450 e. The summed E-state index contributed by atoms with van der Waals surface area (Å²) in [5.41, 5.74) is 3.06. The Hall–Kier alpha value is -2.11. The van der Waals surface area contributed by atoms with Gasteiger partial charge in [-0.15, -0.1) is 0 Å². The average Bonchev–Trinajstić information content (AvgIpc) is 2.68. The maximum atomic E-state index is 13.0. The van der Waals surface area contributed by atoms with Crippen LogP contribution in [0.4, 0.5) is 4.79 Å². The first-order chi connectivity index (χ1) is 14.3. The maximum Gasteiger partial charge on any atom is 0.407 e. The fourth-order valence-electron chi connectivity index (χ4n) is 5.27. The molecule has 3 fully saturated rings. The van der Waals surface area contributed by atoms with Crippen LogP contribution in [0, 0.1) is 11.3 Å². The molecule has 1 saturated carbocycles. The highest BCUT2D eigenvalue weighted by molar-refractivity contribution is 5.80. The smallest absolute Gasteiger partial charge is 0.407 e. The van der Waals surface area contributed by atoms with Gasteiger partial charge in [-0.05, 0) is 67.6 Å². The summed E-state index contributed by atoms with van der Waals surface area (Å²) >= 11 is 0. The molecule has 1 spiro atoms. The van der Waals surface area contributed by atoms with E-state index in [1.165, 1.54) is 18.4 Å². The molecule has 0 radical (unpaired) electrons. The quantitative estimate of drug-likeness (QED) is 0.795. The van der Waals surface area contributed by atoms with Gasteiger partial charge in [0.1, 0.15) is 0 Å². The van der Waals surface area contributed by atoms with Crippen LogP contribution in [0.15, 0.2) is 18.3 Å². The second-order valence-corrected chi connectivity index (χ2v) is 10.5. The van der Waals surface area contributed by atoms with Crippen molar-refractivity contribution in [3.63, 3.8) is 0 Å². The zero-order valence-electron chi connectivity index (χ0n) is 18.6. The van der Waals surface area contributed by atoms with Gasteiger partial charge in [0.25, 0.3) is 0 Å². The van der Waals surface area contributed by atoms with Crippen LogP contribution >= 0.6 is 0 Å². The van der Waals surface area contributed by atoms with E-state index in [2.05, 4.69) is 43.2 Å². The number of carbonyl (C=O) groups excluding carboxylic acids is 2. The third kappa shape index (κ3) is 4.47. The molecule has 1 aromatic rings. The largest absolute Gasteiger partial charge is 0.450 e. The van der Waals surface area contributed by atoms with Gasteiger partial charge in [0.15, 0.2) is 0 Å². The molecule has 1 N–H and O–H groups in total. The first-order valence-electron chi connectivity index (χ1n) is 11.4. The predicted octanol–water partition coefficient (Wildman–Crippen LogP) is 4.00. The number of likely N-dealkylation sites (tertiary alicyclic amines) is 1. The highest BCUT2D eigenvalue weighted by Gasteiger charge is 2.47.